The van der Waals surface area contributed by atoms with Gasteiger partial charge in [0.25, 0.3) is 0 Å². The molecule has 0 aromatic heterocycles. The molecule has 0 radical (unpaired) electrons. The lowest BCUT2D eigenvalue weighted by Gasteiger charge is -2.25. The Balaban J connectivity index is 2.22. The average Bonchev–Trinajstić information content (AvgIpc) is 2.55. The highest BCUT2D eigenvalue weighted by atomic mass is 32.2. The van der Waals surface area contributed by atoms with Crippen molar-refractivity contribution in [1.29, 1.82) is 0 Å². The van der Waals surface area contributed by atoms with Gasteiger partial charge in [0.1, 0.15) is 0 Å². The molecule has 0 bridgehead atoms. The van der Waals surface area contributed by atoms with Crippen LogP contribution in [0.25, 0.3) is 0 Å². The van der Waals surface area contributed by atoms with E-state index in [1.807, 2.05) is 0 Å². The molecule has 1 aliphatic rings. The van der Waals surface area contributed by atoms with E-state index in [4.69, 9.17) is 0 Å². The molecule has 0 saturated carbocycles. The maximum absolute atomic E-state index is 3.84. The molecule has 1 aliphatic heterocycles. The van der Waals surface area contributed by atoms with Crippen LogP contribution in [0.3, 0.4) is 0 Å². The van der Waals surface area contributed by atoms with E-state index in [1.54, 1.807) is 0 Å². The van der Waals surface area contributed by atoms with Gasteiger partial charge in [-0.25, -0.2) is 0 Å². The zero-order valence-electron chi connectivity index (χ0n) is 12.7. The summed E-state index contributed by atoms with van der Waals surface area (Å²) in [7, 11) is 0. The van der Waals surface area contributed by atoms with Crippen molar-refractivity contribution in [2.45, 2.75) is 71.5 Å². The molecule has 3 heteroatoms. The highest BCUT2D eigenvalue weighted by Crippen LogP contribution is 2.14. The number of hydrogen-bond acceptors (Lipinski definition) is 3. The largest absolute Gasteiger partial charge is 0.311 e. The number of nitrogens with zero attached hydrogens (tertiary/aromatic N) is 1. The Labute approximate surface area is 118 Å². The second-order valence-corrected chi connectivity index (χ2v) is 7.20. The summed E-state index contributed by atoms with van der Waals surface area (Å²) >= 11 is 2.06. The van der Waals surface area contributed by atoms with Crippen molar-refractivity contribution in [3.8, 4) is 0 Å². The van der Waals surface area contributed by atoms with E-state index in [-0.39, 0.29) is 0 Å². The van der Waals surface area contributed by atoms with Crippen LogP contribution >= 0.6 is 11.8 Å². The zero-order valence-corrected chi connectivity index (χ0v) is 13.6. The lowest BCUT2D eigenvalue weighted by molar-refractivity contribution is 0.228. The zero-order chi connectivity index (χ0) is 13.4. The first-order chi connectivity index (χ1) is 8.63. The molecular formula is C15H32N2S. The van der Waals surface area contributed by atoms with Crippen LogP contribution in [-0.2, 0) is 0 Å². The quantitative estimate of drug-likeness (QED) is 0.715. The number of hydrogen-bond donors (Lipinski definition) is 1. The fourth-order valence-corrected chi connectivity index (χ4v) is 3.50. The summed E-state index contributed by atoms with van der Waals surface area (Å²) in [6.07, 6.45) is 5.34. The van der Waals surface area contributed by atoms with Crippen LogP contribution in [0.1, 0.15) is 53.4 Å². The summed E-state index contributed by atoms with van der Waals surface area (Å²) in [6.45, 7) is 11.8. The summed E-state index contributed by atoms with van der Waals surface area (Å²) in [5.74, 6) is 2.55. The van der Waals surface area contributed by atoms with Crippen LogP contribution in [0.4, 0.5) is 0 Å². The second-order valence-electron chi connectivity index (χ2n) is 5.81. The van der Waals surface area contributed by atoms with Crippen molar-refractivity contribution in [3.05, 3.63) is 0 Å². The molecule has 108 valence electrons. The Morgan fingerprint density at radius 2 is 2.00 bits per heavy atom. The third-order valence-electron chi connectivity index (χ3n) is 3.91. The van der Waals surface area contributed by atoms with Gasteiger partial charge in [-0.05, 0) is 71.0 Å². The maximum atomic E-state index is 3.84. The van der Waals surface area contributed by atoms with Crippen LogP contribution in [0.5, 0.6) is 0 Å². The van der Waals surface area contributed by atoms with Gasteiger partial charge in [0.2, 0.25) is 0 Å². The highest BCUT2D eigenvalue weighted by Gasteiger charge is 2.19. The summed E-state index contributed by atoms with van der Waals surface area (Å²) in [4.78, 5) is 2.62. The molecule has 1 fully saturated rings. The summed E-state index contributed by atoms with van der Waals surface area (Å²) < 4.78 is 0. The SMILES string of the molecule is CCSCCC(C)NC1CCCN(C(C)C)CC1. The fourth-order valence-electron chi connectivity index (χ4n) is 2.69. The Morgan fingerprint density at radius 3 is 2.67 bits per heavy atom. The van der Waals surface area contributed by atoms with E-state index < -0.39 is 0 Å². The Kier molecular flexibility index (Phi) is 8.36. The molecule has 1 saturated heterocycles. The molecule has 1 heterocycles. The Hall–Kier alpha value is 0.270. The molecule has 0 aliphatic carbocycles. The van der Waals surface area contributed by atoms with Crippen molar-refractivity contribution in [2.24, 2.45) is 0 Å². The lowest BCUT2D eigenvalue weighted by atomic mass is 10.1. The molecule has 1 N–H and O–H groups in total. The number of likely N-dealkylation sites (tertiary alicyclic amines) is 1. The van der Waals surface area contributed by atoms with Crippen LogP contribution in [0.15, 0.2) is 0 Å². The molecular weight excluding hydrogens is 240 g/mol. The van der Waals surface area contributed by atoms with Gasteiger partial charge in [-0.1, -0.05) is 6.92 Å². The van der Waals surface area contributed by atoms with Gasteiger partial charge in [-0.3, -0.25) is 0 Å². The molecule has 2 atom stereocenters. The monoisotopic (exact) mass is 272 g/mol. The molecule has 2 nitrogen and oxygen atoms in total. The summed E-state index contributed by atoms with van der Waals surface area (Å²) in [6, 6.07) is 2.14. The summed E-state index contributed by atoms with van der Waals surface area (Å²) in [5.41, 5.74) is 0. The topological polar surface area (TPSA) is 15.3 Å². The summed E-state index contributed by atoms with van der Waals surface area (Å²) in [5, 5.41) is 3.84. The number of rotatable bonds is 7. The third-order valence-corrected chi connectivity index (χ3v) is 4.85. The Bertz CT molecular complexity index is 209. The van der Waals surface area contributed by atoms with E-state index >= 15 is 0 Å². The first-order valence-corrected chi connectivity index (χ1v) is 8.86. The minimum atomic E-state index is 0.680. The van der Waals surface area contributed by atoms with Crippen molar-refractivity contribution >= 4 is 11.8 Å². The minimum absolute atomic E-state index is 0.680. The molecule has 0 amide bonds. The van der Waals surface area contributed by atoms with Gasteiger partial charge in [0.05, 0.1) is 0 Å². The van der Waals surface area contributed by atoms with Crippen LogP contribution in [0, 0.1) is 0 Å². The minimum Gasteiger partial charge on any atom is -0.311 e. The number of thioether (sulfide) groups is 1. The van der Waals surface area contributed by atoms with E-state index in [9.17, 15) is 0 Å². The third kappa shape index (κ3) is 6.44. The van der Waals surface area contributed by atoms with Gasteiger partial charge >= 0.3 is 0 Å². The molecule has 0 aromatic carbocycles. The normalized spacial score (nSPS) is 24.2. The van der Waals surface area contributed by atoms with Crippen LogP contribution in [-0.4, -0.2) is 47.6 Å². The van der Waals surface area contributed by atoms with Gasteiger partial charge in [0.15, 0.2) is 0 Å². The van der Waals surface area contributed by atoms with E-state index in [1.165, 1.54) is 50.3 Å². The van der Waals surface area contributed by atoms with Crippen LogP contribution in [0.2, 0.25) is 0 Å². The van der Waals surface area contributed by atoms with Crippen molar-refractivity contribution in [2.75, 3.05) is 24.6 Å². The van der Waals surface area contributed by atoms with E-state index in [0.29, 0.717) is 12.1 Å². The molecule has 0 aromatic rings. The average molecular weight is 273 g/mol. The molecule has 0 spiro atoms. The fraction of sp³-hybridized carbons (Fsp3) is 1.00. The first-order valence-electron chi connectivity index (χ1n) is 7.71. The van der Waals surface area contributed by atoms with Crippen molar-refractivity contribution in [3.63, 3.8) is 0 Å². The predicted molar refractivity (Wildman–Crippen MR) is 84.6 cm³/mol. The standard InChI is InChI=1S/C15H32N2S/c1-5-18-12-9-14(4)16-15-7-6-10-17(11-8-15)13(2)3/h13-16H,5-12H2,1-4H3. The van der Waals surface area contributed by atoms with E-state index in [0.717, 1.165) is 6.04 Å². The molecule has 18 heavy (non-hydrogen) atoms. The lowest BCUT2D eigenvalue weighted by Crippen LogP contribution is -2.38. The van der Waals surface area contributed by atoms with Gasteiger partial charge < -0.3 is 10.2 Å². The van der Waals surface area contributed by atoms with E-state index in [2.05, 4.69) is 49.7 Å². The number of nitrogens with one attached hydrogen (secondary N) is 1. The van der Waals surface area contributed by atoms with Crippen molar-refractivity contribution in [1.82, 2.24) is 10.2 Å². The maximum Gasteiger partial charge on any atom is 0.00821 e. The predicted octanol–water partition coefficient (Wildman–Crippen LogP) is 3.37. The Morgan fingerprint density at radius 1 is 1.22 bits per heavy atom. The highest BCUT2D eigenvalue weighted by molar-refractivity contribution is 7.99. The molecule has 1 rings (SSSR count). The first kappa shape index (κ1) is 16.3. The van der Waals surface area contributed by atoms with Crippen LogP contribution < -0.4 is 5.32 Å². The van der Waals surface area contributed by atoms with Gasteiger partial charge in [-0.2, -0.15) is 11.8 Å². The van der Waals surface area contributed by atoms with Gasteiger partial charge in [0, 0.05) is 18.1 Å². The molecule has 2 unspecified atom stereocenters. The second kappa shape index (κ2) is 9.22. The van der Waals surface area contributed by atoms with Gasteiger partial charge in [-0.15, -0.1) is 0 Å². The smallest absolute Gasteiger partial charge is 0.00821 e. The van der Waals surface area contributed by atoms with Crippen molar-refractivity contribution < 1.29 is 0 Å².